The average Bonchev–Trinajstić information content (AvgIpc) is 3.00. The standard InChI is InChI=1S/C16H25N5S/c1-5-13-11-18-21(12-13)16(17-6-2)19-22-15-9-7-14(8-10-15)20(3)4/h7-11,13H,5-6,12H2,1-4H3,(H,17,19). The van der Waals surface area contributed by atoms with E-state index in [0.717, 1.165) is 30.4 Å². The van der Waals surface area contributed by atoms with Gasteiger partial charge in [-0.2, -0.15) is 5.10 Å². The van der Waals surface area contributed by atoms with Gasteiger partial charge in [-0.25, -0.2) is 5.01 Å². The van der Waals surface area contributed by atoms with Gasteiger partial charge in [0.2, 0.25) is 5.96 Å². The Hall–Kier alpha value is -1.69. The monoisotopic (exact) mass is 319 g/mol. The molecule has 1 aliphatic rings. The first-order valence-corrected chi connectivity index (χ1v) is 8.52. The second-order valence-corrected chi connectivity index (χ2v) is 6.29. The quantitative estimate of drug-likeness (QED) is 0.515. The van der Waals surface area contributed by atoms with Crippen molar-refractivity contribution in [1.82, 2.24) is 9.73 Å². The highest BCUT2D eigenvalue weighted by Gasteiger charge is 2.20. The number of aliphatic imine (C=N–C) groups is 1. The molecule has 22 heavy (non-hydrogen) atoms. The molecule has 0 saturated heterocycles. The van der Waals surface area contributed by atoms with Crippen molar-refractivity contribution in [2.24, 2.45) is 16.0 Å². The van der Waals surface area contributed by atoms with Gasteiger partial charge in [-0.05, 0) is 49.6 Å². The van der Waals surface area contributed by atoms with E-state index in [2.05, 4.69) is 50.9 Å². The fraction of sp³-hybridized carbons (Fsp3) is 0.500. The van der Waals surface area contributed by atoms with Crippen LogP contribution in [0.1, 0.15) is 20.3 Å². The Kier molecular flexibility index (Phi) is 6.12. The largest absolute Gasteiger partial charge is 0.378 e. The summed E-state index contributed by atoms with van der Waals surface area (Å²) >= 11 is 1.57. The second kappa shape index (κ2) is 8.08. The third-order valence-corrected chi connectivity index (χ3v) is 4.31. The van der Waals surface area contributed by atoms with Gasteiger partial charge in [-0.15, -0.1) is 0 Å². The van der Waals surface area contributed by atoms with Crippen LogP contribution in [0.4, 0.5) is 5.69 Å². The van der Waals surface area contributed by atoms with E-state index in [4.69, 9.17) is 0 Å². The molecule has 120 valence electrons. The molecule has 1 unspecified atom stereocenters. The molecule has 5 nitrogen and oxygen atoms in total. The van der Waals surface area contributed by atoms with E-state index < -0.39 is 0 Å². The van der Waals surface area contributed by atoms with E-state index in [1.807, 2.05) is 32.2 Å². The zero-order valence-electron chi connectivity index (χ0n) is 13.8. The Morgan fingerprint density at radius 2 is 2.09 bits per heavy atom. The highest BCUT2D eigenvalue weighted by molar-refractivity contribution is 7.98. The summed E-state index contributed by atoms with van der Waals surface area (Å²) in [4.78, 5) is 7.77. The van der Waals surface area contributed by atoms with Gasteiger partial charge in [0.15, 0.2) is 0 Å². The second-order valence-electron chi connectivity index (χ2n) is 5.41. The van der Waals surface area contributed by atoms with E-state index in [-0.39, 0.29) is 0 Å². The highest BCUT2D eigenvalue weighted by Crippen LogP contribution is 2.20. The molecule has 0 amide bonds. The summed E-state index contributed by atoms with van der Waals surface area (Å²) in [6.07, 6.45) is 3.13. The van der Waals surface area contributed by atoms with Crippen LogP contribution in [0.5, 0.6) is 0 Å². The molecule has 0 fully saturated rings. The molecule has 1 N–H and O–H groups in total. The number of hydrogen-bond acceptors (Lipinski definition) is 4. The van der Waals surface area contributed by atoms with Crippen molar-refractivity contribution in [3.63, 3.8) is 0 Å². The minimum atomic E-state index is 0.522. The summed E-state index contributed by atoms with van der Waals surface area (Å²) in [6, 6.07) is 8.45. The Bertz CT molecular complexity index is 524. The number of nitrogens with one attached hydrogen (secondary N) is 1. The van der Waals surface area contributed by atoms with Crippen molar-refractivity contribution in [2.75, 3.05) is 32.1 Å². The molecule has 0 spiro atoms. The molecule has 1 aromatic carbocycles. The minimum Gasteiger partial charge on any atom is -0.378 e. The first kappa shape index (κ1) is 16.7. The number of benzene rings is 1. The highest BCUT2D eigenvalue weighted by atomic mass is 32.2. The summed E-state index contributed by atoms with van der Waals surface area (Å²) in [6.45, 7) is 5.87. The van der Waals surface area contributed by atoms with Gasteiger partial charge in [-0.3, -0.25) is 9.71 Å². The summed E-state index contributed by atoms with van der Waals surface area (Å²) in [7, 11) is 4.09. The van der Waals surface area contributed by atoms with E-state index in [9.17, 15) is 0 Å². The molecule has 0 aliphatic carbocycles. The topological polar surface area (TPSA) is 43.2 Å². The van der Waals surface area contributed by atoms with Crippen molar-refractivity contribution in [3.8, 4) is 0 Å². The van der Waals surface area contributed by atoms with Crippen LogP contribution in [-0.4, -0.2) is 44.4 Å². The van der Waals surface area contributed by atoms with Crippen LogP contribution in [0, 0.1) is 5.92 Å². The van der Waals surface area contributed by atoms with Crippen LogP contribution >= 0.6 is 11.9 Å². The zero-order valence-corrected chi connectivity index (χ0v) is 14.6. The van der Waals surface area contributed by atoms with E-state index in [1.54, 1.807) is 11.9 Å². The number of hydrogen-bond donors (Lipinski definition) is 1. The molecule has 0 bridgehead atoms. The van der Waals surface area contributed by atoms with Crippen LogP contribution in [0.2, 0.25) is 0 Å². The number of guanidine groups is 1. The third-order valence-electron chi connectivity index (χ3n) is 3.51. The maximum atomic E-state index is 4.52. The van der Waals surface area contributed by atoms with E-state index >= 15 is 0 Å². The molecule has 1 aliphatic heterocycles. The van der Waals surface area contributed by atoms with Gasteiger partial charge in [0.05, 0.1) is 6.54 Å². The summed E-state index contributed by atoms with van der Waals surface area (Å²) in [5, 5.41) is 6.41. The lowest BCUT2D eigenvalue weighted by molar-refractivity contribution is 0.431. The fourth-order valence-electron chi connectivity index (χ4n) is 2.10. The SMILES string of the molecule is CCN=C(NSc1ccc(N(C)C)cc1)N1CC(CC)C=N1. The maximum Gasteiger partial charge on any atom is 0.225 e. The van der Waals surface area contributed by atoms with Crippen molar-refractivity contribution >= 4 is 29.8 Å². The average molecular weight is 319 g/mol. The normalized spacial score (nSPS) is 17.9. The summed E-state index contributed by atoms with van der Waals surface area (Å²) < 4.78 is 3.34. The lowest BCUT2D eigenvalue weighted by atomic mass is 10.1. The molecule has 0 radical (unpaired) electrons. The lowest BCUT2D eigenvalue weighted by Crippen LogP contribution is -2.34. The first-order chi connectivity index (χ1) is 10.6. The van der Waals surface area contributed by atoms with Gasteiger partial charge in [0, 0.05) is 43.4 Å². The van der Waals surface area contributed by atoms with Crippen molar-refractivity contribution < 1.29 is 0 Å². The van der Waals surface area contributed by atoms with Gasteiger partial charge >= 0.3 is 0 Å². The molecular weight excluding hydrogens is 294 g/mol. The molecule has 2 rings (SSSR count). The van der Waals surface area contributed by atoms with Crippen LogP contribution in [0.25, 0.3) is 0 Å². The van der Waals surface area contributed by atoms with Crippen LogP contribution < -0.4 is 9.62 Å². The van der Waals surface area contributed by atoms with Gasteiger partial charge in [0.25, 0.3) is 0 Å². The van der Waals surface area contributed by atoms with E-state index in [0.29, 0.717) is 5.92 Å². The van der Waals surface area contributed by atoms with E-state index in [1.165, 1.54) is 5.69 Å². The molecule has 1 aromatic rings. The first-order valence-electron chi connectivity index (χ1n) is 7.70. The summed E-state index contributed by atoms with van der Waals surface area (Å²) in [5.41, 5.74) is 1.20. The Morgan fingerprint density at radius 1 is 1.36 bits per heavy atom. The summed E-state index contributed by atoms with van der Waals surface area (Å²) in [5.74, 6) is 1.35. The van der Waals surface area contributed by atoms with Gasteiger partial charge < -0.3 is 4.90 Å². The smallest absolute Gasteiger partial charge is 0.225 e. The molecule has 1 heterocycles. The fourth-order valence-corrected chi connectivity index (χ4v) is 2.75. The molecule has 0 saturated carbocycles. The van der Waals surface area contributed by atoms with Crippen LogP contribution in [-0.2, 0) is 0 Å². The molecule has 1 atom stereocenters. The van der Waals surface area contributed by atoms with Gasteiger partial charge in [0.1, 0.15) is 0 Å². The Morgan fingerprint density at radius 3 is 2.64 bits per heavy atom. The van der Waals surface area contributed by atoms with Crippen molar-refractivity contribution in [3.05, 3.63) is 24.3 Å². The number of nitrogens with zero attached hydrogens (tertiary/aromatic N) is 4. The minimum absolute atomic E-state index is 0.522. The molecule has 0 aromatic heterocycles. The molecular formula is C16H25N5S. The number of hydrazone groups is 1. The predicted octanol–water partition coefficient (Wildman–Crippen LogP) is 3.05. The number of anilines is 1. The van der Waals surface area contributed by atoms with Gasteiger partial charge in [-0.1, -0.05) is 6.92 Å². The van der Waals surface area contributed by atoms with Crippen molar-refractivity contribution in [1.29, 1.82) is 0 Å². The van der Waals surface area contributed by atoms with Crippen LogP contribution in [0.15, 0.2) is 39.3 Å². The van der Waals surface area contributed by atoms with Crippen LogP contribution in [0.3, 0.4) is 0 Å². The Labute approximate surface area is 137 Å². The predicted molar refractivity (Wildman–Crippen MR) is 96.7 cm³/mol. The lowest BCUT2D eigenvalue weighted by Gasteiger charge is -2.19. The zero-order chi connectivity index (χ0) is 15.9. The maximum absolute atomic E-state index is 4.52. The van der Waals surface area contributed by atoms with Crippen molar-refractivity contribution in [2.45, 2.75) is 25.2 Å². The Balaban J connectivity index is 1.95. The third kappa shape index (κ3) is 4.40. The number of rotatable bonds is 5. The molecule has 6 heteroatoms.